The molecule has 96 valence electrons. The first-order valence-corrected chi connectivity index (χ1v) is 6.49. The largest absolute Gasteiger partial charge is 0.489 e. The summed E-state index contributed by atoms with van der Waals surface area (Å²) >= 11 is 0. The van der Waals surface area contributed by atoms with Crippen LogP contribution in [0.15, 0.2) is 18.2 Å². The standard InChI is InChI=1S/C15H20N2O/c1-3-9-17(10-4-2)12-13-6-5-7-14-15(13)18-11-8-16-14/h1,5-7,16H,4,8-12H2,2H3. The predicted molar refractivity (Wildman–Crippen MR) is 74.8 cm³/mol. The number of hydrogen-bond donors (Lipinski definition) is 1. The molecule has 0 amide bonds. The van der Waals surface area contributed by atoms with E-state index in [9.17, 15) is 0 Å². The second-order valence-corrected chi connectivity index (χ2v) is 4.48. The Kier molecular flexibility index (Phi) is 4.49. The summed E-state index contributed by atoms with van der Waals surface area (Å²) in [5, 5.41) is 3.36. The molecule has 0 saturated heterocycles. The molecule has 0 fully saturated rings. The minimum atomic E-state index is 0.685. The molecule has 2 rings (SSSR count). The van der Waals surface area contributed by atoms with Gasteiger partial charge < -0.3 is 10.1 Å². The number of ether oxygens (including phenoxy) is 1. The normalized spacial score (nSPS) is 13.4. The summed E-state index contributed by atoms with van der Waals surface area (Å²) in [6.07, 6.45) is 6.52. The molecule has 0 unspecified atom stereocenters. The number of nitrogens with one attached hydrogen (secondary N) is 1. The molecule has 18 heavy (non-hydrogen) atoms. The van der Waals surface area contributed by atoms with Crippen LogP contribution in [0.1, 0.15) is 18.9 Å². The number of nitrogens with zero attached hydrogens (tertiary/aromatic N) is 1. The Hall–Kier alpha value is -1.66. The number of benzene rings is 1. The van der Waals surface area contributed by atoms with Crippen molar-refractivity contribution in [3.05, 3.63) is 23.8 Å². The van der Waals surface area contributed by atoms with E-state index in [1.165, 1.54) is 5.56 Å². The third kappa shape index (κ3) is 2.96. The summed E-state index contributed by atoms with van der Waals surface area (Å²) in [5.74, 6) is 3.71. The van der Waals surface area contributed by atoms with Crippen molar-refractivity contribution in [1.82, 2.24) is 4.90 Å². The van der Waals surface area contributed by atoms with Gasteiger partial charge in [-0.25, -0.2) is 0 Å². The van der Waals surface area contributed by atoms with Crippen LogP contribution in [0.25, 0.3) is 0 Å². The number of rotatable bonds is 5. The van der Waals surface area contributed by atoms with Gasteiger partial charge in [-0.15, -0.1) is 6.42 Å². The van der Waals surface area contributed by atoms with Crippen molar-refractivity contribution in [2.45, 2.75) is 19.9 Å². The fraction of sp³-hybridized carbons (Fsp3) is 0.467. The highest BCUT2D eigenvalue weighted by Crippen LogP contribution is 2.31. The Morgan fingerprint density at radius 2 is 2.39 bits per heavy atom. The Labute approximate surface area is 109 Å². The first-order valence-electron chi connectivity index (χ1n) is 6.49. The van der Waals surface area contributed by atoms with Crippen molar-refractivity contribution in [2.24, 2.45) is 0 Å². The lowest BCUT2D eigenvalue weighted by Crippen LogP contribution is -2.26. The van der Waals surface area contributed by atoms with Gasteiger partial charge in [-0.3, -0.25) is 4.90 Å². The zero-order chi connectivity index (χ0) is 12.8. The van der Waals surface area contributed by atoms with Gasteiger partial charge in [0.2, 0.25) is 0 Å². The summed E-state index contributed by atoms with van der Waals surface area (Å²) in [7, 11) is 0. The Balaban J connectivity index is 2.15. The summed E-state index contributed by atoms with van der Waals surface area (Å²) in [6, 6.07) is 6.24. The zero-order valence-corrected chi connectivity index (χ0v) is 10.9. The van der Waals surface area contributed by atoms with Crippen LogP contribution >= 0.6 is 0 Å². The van der Waals surface area contributed by atoms with Crippen molar-refractivity contribution < 1.29 is 4.74 Å². The van der Waals surface area contributed by atoms with E-state index in [1.807, 2.05) is 0 Å². The van der Waals surface area contributed by atoms with Gasteiger partial charge in [-0.1, -0.05) is 25.0 Å². The van der Waals surface area contributed by atoms with Gasteiger partial charge >= 0.3 is 0 Å². The monoisotopic (exact) mass is 244 g/mol. The SMILES string of the molecule is C#CCN(CCC)Cc1cccc2c1OCCN2. The molecule has 1 aromatic rings. The van der Waals surface area contributed by atoms with Gasteiger partial charge in [0, 0.05) is 18.7 Å². The van der Waals surface area contributed by atoms with E-state index in [1.54, 1.807) is 0 Å². The van der Waals surface area contributed by atoms with E-state index >= 15 is 0 Å². The predicted octanol–water partition coefficient (Wildman–Crippen LogP) is 2.34. The third-order valence-electron chi connectivity index (χ3n) is 3.01. The van der Waals surface area contributed by atoms with Crippen LogP contribution in [0.5, 0.6) is 5.75 Å². The van der Waals surface area contributed by atoms with E-state index in [0.29, 0.717) is 6.54 Å². The van der Waals surface area contributed by atoms with E-state index in [2.05, 4.69) is 41.3 Å². The molecular formula is C15H20N2O. The quantitative estimate of drug-likeness (QED) is 0.805. The van der Waals surface area contributed by atoms with Crippen LogP contribution in [0.4, 0.5) is 5.69 Å². The second kappa shape index (κ2) is 6.32. The fourth-order valence-corrected chi connectivity index (χ4v) is 2.26. The van der Waals surface area contributed by atoms with Crippen LogP contribution in [0.3, 0.4) is 0 Å². The highest BCUT2D eigenvalue weighted by atomic mass is 16.5. The maximum Gasteiger partial charge on any atom is 0.146 e. The molecule has 0 bridgehead atoms. The molecule has 0 spiro atoms. The summed E-state index contributed by atoms with van der Waals surface area (Å²) in [5.41, 5.74) is 2.30. The van der Waals surface area contributed by atoms with Gasteiger partial charge in [0.15, 0.2) is 0 Å². The molecule has 1 aliphatic rings. The minimum absolute atomic E-state index is 0.685. The van der Waals surface area contributed by atoms with Crippen LogP contribution in [0, 0.1) is 12.3 Å². The molecule has 1 heterocycles. The Morgan fingerprint density at radius 3 is 3.17 bits per heavy atom. The molecule has 1 aliphatic heterocycles. The van der Waals surface area contributed by atoms with Crippen molar-refractivity contribution in [1.29, 1.82) is 0 Å². The Bertz CT molecular complexity index is 437. The summed E-state index contributed by atoms with van der Waals surface area (Å²) in [4.78, 5) is 2.27. The Morgan fingerprint density at radius 1 is 1.50 bits per heavy atom. The van der Waals surface area contributed by atoms with Gasteiger partial charge in [-0.05, 0) is 19.0 Å². The molecule has 3 nitrogen and oxygen atoms in total. The smallest absolute Gasteiger partial charge is 0.146 e. The first kappa shape index (κ1) is 12.8. The second-order valence-electron chi connectivity index (χ2n) is 4.48. The molecule has 0 radical (unpaired) electrons. The molecule has 0 saturated carbocycles. The van der Waals surface area contributed by atoms with Gasteiger partial charge in [-0.2, -0.15) is 0 Å². The van der Waals surface area contributed by atoms with E-state index < -0.39 is 0 Å². The molecule has 0 atom stereocenters. The maximum atomic E-state index is 5.77. The van der Waals surface area contributed by atoms with Crippen molar-refractivity contribution in [2.75, 3.05) is 31.6 Å². The molecule has 3 heteroatoms. The third-order valence-corrected chi connectivity index (χ3v) is 3.01. The van der Waals surface area contributed by atoms with Crippen molar-refractivity contribution >= 4 is 5.69 Å². The van der Waals surface area contributed by atoms with Gasteiger partial charge in [0.1, 0.15) is 12.4 Å². The molecule has 0 aliphatic carbocycles. The van der Waals surface area contributed by atoms with Gasteiger partial charge in [0.25, 0.3) is 0 Å². The number of hydrogen-bond acceptors (Lipinski definition) is 3. The van der Waals surface area contributed by atoms with Crippen molar-refractivity contribution in [3.63, 3.8) is 0 Å². The lowest BCUT2D eigenvalue weighted by molar-refractivity contribution is 0.281. The number of anilines is 1. The van der Waals surface area contributed by atoms with Crippen LogP contribution in [-0.4, -0.2) is 31.1 Å². The number of para-hydroxylation sites is 1. The molecular weight excluding hydrogens is 224 g/mol. The van der Waals surface area contributed by atoms with E-state index in [0.717, 1.165) is 44.1 Å². The van der Waals surface area contributed by atoms with Crippen LogP contribution < -0.4 is 10.1 Å². The highest BCUT2D eigenvalue weighted by molar-refractivity contribution is 5.61. The summed E-state index contributed by atoms with van der Waals surface area (Å²) < 4.78 is 5.77. The maximum absolute atomic E-state index is 5.77. The lowest BCUT2D eigenvalue weighted by Gasteiger charge is -2.25. The summed E-state index contributed by atoms with van der Waals surface area (Å²) in [6.45, 7) is 6.32. The van der Waals surface area contributed by atoms with Crippen LogP contribution in [-0.2, 0) is 6.54 Å². The fourth-order valence-electron chi connectivity index (χ4n) is 2.26. The average Bonchev–Trinajstić information content (AvgIpc) is 2.40. The molecule has 0 aromatic heterocycles. The average molecular weight is 244 g/mol. The number of fused-ring (bicyclic) bond motifs is 1. The molecule has 1 aromatic carbocycles. The van der Waals surface area contributed by atoms with E-state index in [4.69, 9.17) is 11.2 Å². The highest BCUT2D eigenvalue weighted by Gasteiger charge is 2.15. The van der Waals surface area contributed by atoms with Crippen molar-refractivity contribution in [3.8, 4) is 18.1 Å². The van der Waals surface area contributed by atoms with E-state index in [-0.39, 0.29) is 0 Å². The molecule has 1 N–H and O–H groups in total. The lowest BCUT2D eigenvalue weighted by atomic mass is 10.1. The number of terminal acetylenes is 1. The first-order chi connectivity index (χ1) is 8.85. The minimum Gasteiger partial charge on any atom is -0.489 e. The zero-order valence-electron chi connectivity index (χ0n) is 10.9. The van der Waals surface area contributed by atoms with Gasteiger partial charge in [0.05, 0.1) is 12.2 Å². The van der Waals surface area contributed by atoms with Crippen LogP contribution in [0.2, 0.25) is 0 Å². The topological polar surface area (TPSA) is 24.5 Å².